The van der Waals surface area contributed by atoms with Crippen molar-refractivity contribution in [2.24, 2.45) is 5.92 Å². The van der Waals surface area contributed by atoms with Crippen molar-refractivity contribution in [3.8, 4) is 0 Å². The molecule has 0 aromatic carbocycles. The van der Waals surface area contributed by atoms with Crippen LogP contribution in [0, 0.1) is 5.92 Å². The van der Waals surface area contributed by atoms with Crippen molar-refractivity contribution in [2.75, 3.05) is 31.2 Å². The minimum Gasteiger partial charge on any atom is -0.378 e. The number of pyridine rings is 1. The number of ether oxygens (including phenoxy) is 1. The van der Waals surface area contributed by atoms with E-state index in [0.717, 1.165) is 38.8 Å². The molecule has 1 saturated heterocycles. The molecule has 0 spiro atoms. The lowest BCUT2D eigenvalue weighted by Crippen LogP contribution is -2.39. The summed E-state index contributed by atoms with van der Waals surface area (Å²) in [5.41, 5.74) is 1.33. The van der Waals surface area contributed by atoms with Crippen LogP contribution in [0.3, 0.4) is 0 Å². The summed E-state index contributed by atoms with van der Waals surface area (Å²) in [4.78, 5) is 2.40. The Labute approximate surface area is 123 Å². The minimum atomic E-state index is 0.814. The molecule has 1 fully saturated rings. The second-order valence-electron chi connectivity index (χ2n) is 5.77. The number of morpholine rings is 1. The zero-order valence-electron chi connectivity index (χ0n) is 13.1. The lowest BCUT2D eigenvalue weighted by molar-refractivity contribution is -0.703. The Hall–Kier alpha value is -1.09. The number of hydrogen-bond donors (Lipinski definition) is 0. The Morgan fingerprint density at radius 2 is 1.90 bits per heavy atom. The molecule has 1 aliphatic rings. The third-order valence-corrected chi connectivity index (χ3v) is 4.26. The van der Waals surface area contributed by atoms with Crippen LogP contribution >= 0.6 is 0 Å². The van der Waals surface area contributed by atoms with Gasteiger partial charge in [0, 0.05) is 36.8 Å². The van der Waals surface area contributed by atoms with E-state index in [0.29, 0.717) is 0 Å². The number of aromatic nitrogens is 1. The van der Waals surface area contributed by atoms with Crippen molar-refractivity contribution in [3.63, 3.8) is 0 Å². The summed E-state index contributed by atoms with van der Waals surface area (Å²) < 4.78 is 7.74. The van der Waals surface area contributed by atoms with E-state index in [1.165, 1.54) is 31.4 Å². The van der Waals surface area contributed by atoms with Gasteiger partial charge in [-0.1, -0.05) is 26.7 Å². The quantitative estimate of drug-likeness (QED) is 0.712. The molecule has 3 heteroatoms. The summed E-state index contributed by atoms with van der Waals surface area (Å²) in [5, 5.41) is 0. The molecule has 1 unspecified atom stereocenters. The first kappa shape index (κ1) is 15.3. The lowest BCUT2D eigenvalue weighted by atomic mass is 9.99. The highest BCUT2D eigenvalue weighted by Gasteiger charge is 2.14. The molecule has 0 amide bonds. The van der Waals surface area contributed by atoms with Gasteiger partial charge in [-0.25, -0.2) is 4.57 Å². The predicted octanol–water partition coefficient (Wildman–Crippen LogP) is 3.03. The first-order valence-electron chi connectivity index (χ1n) is 8.15. The van der Waals surface area contributed by atoms with Crippen molar-refractivity contribution < 1.29 is 9.30 Å². The summed E-state index contributed by atoms with van der Waals surface area (Å²) in [6, 6.07) is 4.50. The molecule has 20 heavy (non-hydrogen) atoms. The molecule has 1 aliphatic heterocycles. The smallest absolute Gasteiger partial charge is 0.170 e. The van der Waals surface area contributed by atoms with E-state index in [-0.39, 0.29) is 0 Å². The van der Waals surface area contributed by atoms with Gasteiger partial charge in [0.05, 0.1) is 13.2 Å². The molecule has 3 nitrogen and oxygen atoms in total. The average molecular weight is 277 g/mol. The zero-order chi connectivity index (χ0) is 14.2. The van der Waals surface area contributed by atoms with E-state index in [9.17, 15) is 0 Å². The van der Waals surface area contributed by atoms with Gasteiger partial charge in [0.25, 0.3) is 0 Å². The van der Waals surface area contributed by atoms with Crippen molar-refractivity contribution in [1.82, 2.24) is 0 Å². The van der Waals surface area contributed by atoms with Crippen LogP contribution in [0.5, 0.6) is 0 Å². The summed E-state index contributed by atoms with van der Waals surface area (Å²) in [7, 11) is 0. The Morgan fingerprint density at radius 1 is 1.20 bits per heavy atom. The number of hydrogen-bond acceptors (Lipinski definition) is 2. The highest BCUT2D eigenvalue weighted by atomic mass is 16.5. The first-order valence-corrected chi connectivity index (χ1v) is 8.15. The van der Waals surface area contributed by atoms with Crippen LogP contribution in [0.4, 0.5) is 5.69 Å². The van der Waals surface area contributed by atoms with E-state index >= 15 is 0 Å². The van der Waals surface area contributed by atoms with Crippen LogP contribution in [-0.2, 0) is 11.3 Å². The van der Waals surface area contributed by atoms with E-state index in [1.807, 2.05) is 0 Å². The van der Waals surface area contributed by atoms with Crippen LogP contribution in [0.2, 0.25) is 0 Å². The van der Waals surface area contributed by atoms with Crippen molar-refractivity contribution in [2.45, 2.75) is 46.1 Å². The van der Waals surface area contributed by atoms with Crippen molar-refractivity contribution in [1.29, 1.82) is 0 Å². The normalized spacial score (nSPS) is 17.2. The molecule has 1 atom stereocenters. The summed E-state index contributed by atoms with van der Waals surface area (Å²) >= 11 is 0. The van der Waals surface area contributed by atoms with E-state index < -0.39 is 0 Å². The van der Waals surface area contributed by atoms with Crippen LogP contribution < -0.4 is 9.47 Å². The highest BCUT2D eigenvalue weighted by Crippen LogP contribution is 2.15. The Morgan fingerprint density at radius 3 is 2.50 bits per heavy atom. The Balaban J connectivity index is 1.89. The van der Waals surface area contributed by atoms with Gasteiger partial charge < -0.3 is 9.64 Å². The molecule has 2 rings (SSSR count). The van der Waals surface area contributed by atoms with Gasteiger partial charge in [0.1, 0.15) is 0 Å². The summed E-state index contributed by atoms with van der Waals surface area (Å²) in [6.07, 6.45) is 9.75. The molecule has 0 aliphatic carbocycles. The standard InChI is InChI=1S/C17H29N2O/c1-3-5-6-16(4-2)15-18-9-7-17(8-10-18)19-11-13-20-14-12-19/h7-10,16H,3-6,11-15H2,1-2H3/q+1. The maximum atomic E-state index is 5.40. The SMILES string of the molecule is CCCCC(CC)C[n+]1ccc(N2CCOCC2)cc1. The summed E-state index contributed by atoms with van der Waals surface area (Å²) in [5.74, 6) is 0.814. The van der Waals surface area contributed by atoms with Gasteiger partial charge >= 0.3 is 0 Å². The average Bonchev–Trinajstić information content (AvgIpc) is 2.53. The predicted molar refractivity (Wildman–Crippen MR) is 83.0 cm³/mol. The molecule has 1 aromatic heterocycles. The third-order valence-electron chi connectivity index (χ3n) is 4.26. The molecule has 0 bridgehead atoms. The number of nitrogens with zero attached hydrogens (tertiary/aromatic N) is 2. The van der Waals surface area contributed by atoms with Crippen LogP contribution in [0.15, 0.2) is 24.5 Å². The summed E-state index contributed by atoms with van der Waals surface area (Å²) in [6.45, 7) is 9.46. The lowest BCUT2D eigenvalue weighted by Gasteiger charge is -2.28. The highest BCUT2D eigenvalue weighted by molar-refractivity contribution is 5.43. The van der Waals surface area contributed by atoms with Gasteiger partial charge in [0.15, 0.2) is 18.9 Å². The zero-order valence-corrected chi connectivity index (χ0v) is 13.1. The molecule has 2 heterocycles. The third kappa shape index (κ3) is 4.48. The molecule has 0 N–H and O–H groups in total. The Kier molecular flexibility index (Phi) is 6.31. The van der Waals surface area contributed by atoms with Crippen molar-refractivity contribution in [3.05, 3.63) is 24.5 Å². The minimum absolute atomic E-state index is 0.814. The maximum absolute atomic E-state index is 5.40. The molecule has 112 valence electrons. The van der Waals surface area contributed by atoms with E-state index in [4.69, 9.17) is 4.74 Å². The van der Waals surface area contributed by atoms with E-state index in [1.54, 1.807) is 0 Å². The fraction of sp³-hybridized carbons (Fsp3) is 0.706. The second-order valence-corrected chi connectivity index (χ2v) is 5.77. The second kappa shape index (κ2) is 8.25. The maximum Gasteiger partial charge on any atom is 0.170 e. The first-order chi connectivity index (χ1) is 9.83. The number of anilines is 1. The molecule has 0 radical (unpaired) electrons. The Bertz CT molecular complexity index is 371. The monoisotopic (exact) mass is 277 g/mol. The fourth-order valence-electron chi connectivity index (χ4n) is 2.82. The molecule has 1 aromatic rings. The number of unbranched alkanes of at least 4 members (excludes halogenated alkanes) is 1. The topological polar surface area (TPSA) is 16.4 Å². The van der Waals surface area contributed by atoms with Gasteiger partial charge in [0.2, 0.25) is 0 Å². The molecular weight excluding hydrogens is 248 g/mol. The van der Waals surface area contributed by atoms with Gasteiger partial charge in [-0.3, -0.25) is 0 Å². The van der Waals surface area contributed by atoms with Gasteiger partial charge in [-0.15, -0.1) is 0 Å². The van der Waals surface area contributed by atoms with Crippen LogP contribution in [0.25, 0.3) is 0 Å². The fourth-order valence-corrected chi connectivity index (χ4v) is 2.82. The number of rotatable bonds is 7. The van der Waals surface area contributed by atoms with E-state index in [2.05, 4.69) is 47.8 Å². The van der Waals surface area contributed by atoms with Crippen molar-refractivity contribution >= 4 is 5.69 Å². The van der Waals surface area contributed by atoms with Crippen LogP contribution in [0.1, 0.15) is 39.5 Å². The van der Waals surface area contributed by atoms with Gasteiger partial charge in [-0.05, 0) is 12.8 Å². The molecule has 0 saturated carbocycles. The largest absolute Gasteiger partial charge is 0.378 e. The van der Waals surface area contributed by atoms with Crippen LogP contribution in [-0.4, -0.2) is 26.3 Å². The van der Waals surface area contributed by atoms with Gasteiger partial charge in [-0.2, -0.15) is 0 Å². The molecular formula is C17H29N2O+.